The molecule has 2 N–H and O–H groups in total. The van der Waals surface area contributed by atoms with Gasteiger partial charge in [-0.2, -0.15) is 25.5 Å². The van der Waals surface area contributed by atoms with Crippen LogP contribution in [0.5, 0.6) is 0 Å². The second-order valence-electron chi connectivity index (χ2n) is 3.80. The molecule has 0 amide bonds. The Morgan fingerprint density at radius 1 is 0.818 bits per heavy atom. The molecule has 0 saturated heterocycles. The summed E-state index contributed by atoms with van der Waals surface area (Å²) in [5.41, 5.74) is 3.81. The summed E-state index contributed by atoms with van der Waals surface area (Å²) in [7, 11) is 1.65. The molecule has 11 heteroatoms. The van der Waals surface area contributed by atoms with Crippen LogP contribution in [-0.4, -0.2) is 40.3 Å². The maximum absolute atomic E-state index is 10.9. The molecule has 0 bridgehead atoms. The van der Waals surface area contributed by atoms with E-state index in [1.807, 2.05) is 0 Å². The number of nitrogens with zero attached hydrogens (tertiary/aromatic N) is 5. The van der Waals surface area contributed by atoms with E-state index >= 15 is 0 Å². The van der Waals surface area contributed by atoms with Crippen LogP contribution in [0, 0.1) is 0 Å². The zero-order valence-electron chi connectivity index (χ0n) is 13.2. The number of hydrogen-bond donors (Lipinski definition) is 2. The average molecular weight is 393 g/mol. The van der Waals surface area contributed by atoms with Gasteiger partial charge in [0.25, 0.3) is 0 Å². The van der Waals surface area contributed by atoms with Crippen molar-refractivity contribution in [3.63, 3.8) is 0 Å². The summed E-state index contributed by atoms with van der Waals surface area (Å²) in [6.45, 7) is 6.38. The van der Waals surface area contributed by atoms with Crippen LogP contribution in [0.15, 0.2) is 25.5 Å². The molecule has 0 aromatic carbocycles. The minimum atomic E-state index is -0.157. The molecule has 0 aliphatic carbocycles. The summed E-state index contributed by atoms with van der Waals surface area (Å²) >= 11 is 9.72. The van der Waals surface area contributed by atoms with E-state index < -0.39 is 0 Å². The quantitative estimate of drug-likeness (QED) is 0.230. The van der Waals surface area contributed by atoms with Crippen LogP contribution in [0.3, 0.4) is 0 Å². The van der Waals surface area contributed by atoms with Gasteiger partial charge in [-0.1, -0.05) is 0 Å². The third-order valence-electron chi connectivity index (χ3n) is 2.15. The van der Waals surface area contributed by atoms with Crippen LogP contribution in [0.1, 0.15) is 27.7 Å². The first kappa shape index (κ1) is 23.0. The molecular formula is C11H17N7OS2Zn. The SMILES string of the molecule is CN/C([S-])=N/N=C(C)/C(C)=N/N=C(\[S-])N/N=C(\C)C(C)=O.[Zn+2]. The smallest absolute Gasteiger partial charge is 0.741 e. The zero-order valence-corrected chi connectivity index (χ0v) is 17.8. The first-order valence-electron chi connectivity index (χ1n) is 5.85. The number of hydrazone groups is 1. The maximum atomic E-state index is 10.9. The molecule has 0 fully saturated rings. The minimum Gasteiger partial charge on any atom is -0.741 e. The van der Waals surface area contributed by atoms with Gasteiger partial charge in [0.15, 0.2) is 5.78 Å². The fourth-order valence-electron chi connectivity index (χ4n) is 0.668. The van der Waals surface area contributed by atoms with E-state index in [0.29, 0.717) is 17.1 Å². The molecule has 0 saturated carbocycles. The Morgan fingerprint density at radius 2 is 1.27 bits per heavy atom. The predicted octanol–water partition coefficient (Wildman–Crippen LogP) is 0.315. The van der Waals surface area contributed by atoms with Crippen molar-refractivity contribution in [3.8, 4) is 0 Å². The maximum Gasteiger partial charge on any atom is 2.00 e. The van der Waals surface area contributed by atoms with E-state index in [1.54, 1.807) is 27.8 Å². The van der Waals surface area contributed by atoms with Gasteiger partial charge >= 0.3 is 19.5 Å². The van der Waals surface area contributed by atoms with Crippen molar-refractivity contribution < 1.29 is 24.3 Å². The summed E-state index contributed by atoms with van der Waals surface area (Å²) in [5.74, 6) is -0.157. The Kier molecular flexibility index (Phi) is 12.8. The topological polar surface area (TPSA) is 103 Å². The van der Waals surface area contributed by atoms with Crippen molar-refractivity contribution in [1.29, 1.82) is 0 Å². The number of nitrogens with one attached hydrogen (secondary N) is 2. The second kappa shape index (κ2) is 12.2. The van der Waals surface area contributed by atoms with Crippen LogP contribution < -0.4 is 10.7 Å². The molecule has 0 heterocycles. The normalized spacial score (nSPS) is 14.3. The first-order chi connectivity index (χ1) is 9.77. The Hall–Kier alpha value is -1.32. The fraction of sp³-hybridized carbons (Fsp3) is 0.455. The Labute approximate surface area is 153 Å². The Bertz CT molecular complexity index is 541. The molecule has 0 radical (unpaired) electrons. The second-order valence-corrected chi connectivity index (χ2v) is 4.57. The number of rotatable bonds is 5. The Morgan fingerprint density at radius 3 is 1.68 bits per heavy atom. The van der Waals surface area contributed by atoms with Gasteiger partial charge in [-0.3, -0.25) is 10.2 Å². The standard InChI is InChI=1S/C11H19N7OS2.Zn/c1-6(13-16-10(20)12-5)7(2)14-17-11(21)18-15-8(3)9(4)19;/h1-5H3,(H2,12,16,20)(H2,17,18,21);/q;+2/p-2/b13-6+,14-7+,15-8+;. The van der Waals surface area contributed by atoms with Crippen molar-refractivity contribution >= 4 is 58.5 Å². The molecule has 0 aromatic rings. The van der Waals surface area contributed by atoms with E-state index in [2.05, 4.69) is 36.2 Å². The average Bonchev–Trinajstić information content (AvgIpc) is 2.46. The number of amidine groups is 2. The van der Waals surface area contributed by atoms with Gasteiger partial charge in [0.1, 0.15) is 5.71 Å². The molecule has 0 unspecified atom stereocenters. The van der Waals surface area contributed by atoms with Gasteiger partial charge in [-0.25, -0.2) is 0 Å². The van der Waals surface area contributed by atoms with Crippen LogP contribution >= 0.6 is 0 Å². The summed E-state index contributed by atoms with van der Waals surface area (Å²) in [5, 5.41) is 22.0. The Balaban J connectivity index is 0. The van der Waals surface area contributed by atoms with Gasteiger partial charge < -0.3 is 30.6 Å². The molecule has 0 atom stereocenters. The van der Waals surface area contributed by atoms with Gasteiger partial charge in [0.2, 0.25) is 0 Å². The molecule has 0 aromatic heterocycles. The molecule has 0 spiro atoms. The van der Waals surface area contributed by atoms with E-state index in [4.69, 9.17) is 25.3 Å². The van der Waals surface area contributed by atoms with Crippen molar-refractivity contribution in [1.82, 2.24) is 10.7 Å². The van der Waals surface area contributed by atoms with Crippen LogP contribution in [0.2, 0.25) is 0 Å². The summed E-state index contributed by atoms with van der Waals surface area (Å²) in [4.78, 5) is 10.9. The number of Topliss-reactive ketones (excluding diaryl/α,β-unsaturated/α-hetero) is 1. The van der Waals surface area contributed by atoms with Crippen molar-refractivity contribution in [3.05, 3.63) is 0 Å². The van der Waals surface area contributed by atoms with Crippen LogP contribution in [-0.2, 0) is 49.5 Å². The first-order valence-corrected chi connectivity index (χ1v) is 6.67. The van der Waals surface area contributed by atoms with Crippen LogP contribution in [0.25, 0.3) is 0 Å². The van der Waals surface area contributed by atoms with Crippen molar-refractivity contribution in [2.75, 3.05) is 7.05 Å². The number of carbonyl (C=O) groups excluding carboxylic acids is 1. The third-order valence-corrected chi connectivity index (χ3v) is 2.61. The summed E-state index contributed by atoms with van der Waals surface area (Å²) in [6.07, 6.45) is 0. The zero-order chi connectivity index (χ0) is 16.4. The van der Waals surface area contributed by atoms with Crippen molar-refractivity contribution in [2.45, 2.75) is 27.7 Å². The third kappa shape index (κ3) is 10.4. The van der Waals surface area contributed by atoms with Gasteiger partial charge in [0, 0.05) is 19.1 Å². The molecule has 0 aliphatic rings. The molecule has 8 nitrogen and oxygen atoms in total. The molecule has 22 heavy (non-hydrogen) atoms. The number of carbonyl (C=O) groups is 1. The molecule has 0 rings (SSSR count). The van der Waals surface area contributed by atoms with Gasteiger partial charge in [-0.15, -0.1) is 0 Å². The number of ketones is 1. The molecular weight excluding hydrogens is 376 g/mol. The number of hydrogen-bond acceptors (Lipinski definition) is 8. The summed E-state index contributed by atoms with van der Waals surface area (Å²) < 4.78 is 0. The monoisotopic (exact) mass is 391 g/mol. The van der Waals surface area contributed by atoms with Crippen LogP contribution in [0.4, 0.5) is 0 Å². The van der Waals surface area contributed by atoms with E-state index in [-0.39, 0.29) is 35.6 Å². The predicted molar refractivity (Wildman–Crippen MR) is 91.8 cm³/mol. The van der Waals surface area contributed by atoms with E-state index in [1.165, 1.54) is 6.92 Å². The van der Waals surface area contributed by atoms with Gasteiger partial charge in [0.05, 0.1) is 11.4 Å². The fourth-order valence-corrected chi connectivity index (χ4v) is 0.796. The van der Waals surface area contributed by atoms with Gasteiger partial charge in [-0.05, 0) is 25.9 Å². The largest absolute Gasteiger partial charge is 2.00 e. The van der Waals surface area contributed by atoms with E-state index in [0.717, 1.165) is 0 Å². The molecule has 0 aliphatic heterocycles. The van der Waals surface area contributed by atoms with Crippen molar-refractivity contribution in [2.24, 2.45) is 25.5 Å². The molecule has 116 valence electrons. The minimum absolute atomic E-state index is 0. The summed E-state index contributed by atoms with van der Waals surface area (Å²) in [6, 6.07) is 0. The van der Waals surface area contributed by atoms with E-state index in [9.17, 15) is 4.79 Å².